The number of rotatable bonds is 8. The number of thioether (sulfide) groups is 1. The van der Waals surface area contributed by atoms with Crippen molar-refractivity contribution in [1.82, 2.24) is 14.8 Å². The van der Waals surface area contributed by atoms with Crippen molar-refractivity contribution in [3.8, 4) is 29.3 Å². The van der Waals surface area contributed by atoms with E-state index in [1.54, 1.807) is 18.9 Å². The molecule has 0 bridgehead atoms. The van der Waals surface area contributed by atoms with Gasteiger partial charge < -0.3 is 4.74 Å². The van der Waals surface area contributed by atoms with E-state index in [0.29, 0.717) is 30.6 Å². The lowest BCUT2D eigenvalue weighted by Gasteiger charge is -2.31. The number of hydrogen-bond acceptors (Lipinski definition) is 6. The normalized spacial score (nSPS) is 19.9. The van der Waals surface area contributed by atoms with Crippen molar-refractivity contribution in [1.29, 1.82) is 10.5 Å². The maximum absolute atomic E-state index is 9.40. The number of aromatic nitrogens is 3. The number of ether oxygens (including phenoxy) is 1. The van der Waals surface area contributed by atoms with E-state index in [-0.39, 0.29) is 5.92 Å². The second-order valence-corrected chi connectivity index (χ2v) is 8.55. The number of methoxy groups -OCH3 is 1. The van der Waals surface area contributed by atoms with Crippen LogP contribution in [0.5, 0.6) is 5.75 Å². The molecule has 152 valence electrons. The standard InChI is InChI=1S/C22H27N5OS/c1-16-6-3-4-8-20(16)27-21(18-9-11-19(28-2)12-10-18)25-26-22(27)29-15-17(14-24)7-5-13-23/h9-12,16-17,20H,3-8,15H2,1-2H3/t16-,17+,20-/m1/s1. The van der Waals surface area contributed by atoms with Gasteiger partial charge in [0.15, 0.2) is 11.0 Å². The van der Waals surface area contributed by atoms with Crippen LogP contribution in [0, 0.1) is 34.5 Å². The van der Waals surface area contributed by atoms with Gasteiger partial charge in [0.1, 0.15) is 5.75 Å². The Morgan fingerprint density at radius 1 is 1.21 bits per heavy atom. The average Bonchev–Trinajstić information content (AvgIpc) is 3.18. The Labute approximate surface area is 176 Å². The van der Waals surface area contributed by atoms with Gasteiger partial charge in [-0.05, 0) is 49.4 Å². The summed E-state index contributed by atoms with van der Waals surface area (Å²) in [6.45, 7) is 2.31. The Kier molecular flexibility index (Phi) is 7.55. The molecule has 1 aromatic carbocycles. The number of nitriles is 2. The van der Waals surface area contributed by atoms with Gasteiger partial charge in [0.05, 0.1) is 25.2 Å². The van der Waals surface area contributed by atoms with E-state index in [2.05, 4.69) is 33.8 Å². The third-order valence-corrected chi connectivity index (χ3v) is 6.72. The Morgan fingerprint density at radius 2 is 1.97 bits per heavy atom. The molecule has 7 heteroatoms. The van der Waals surface area contributed by atoms with Gasteiger partial charge in [-0.1, -0.05) is 31.5 Å². The van der Waals surface area contributed by atoms with Crippen molar-refractivity contribution in [3.63, 3.8) is 0 Å². The summed E-state index contributed by atoms with van der Waals surface area (Å²) in [5, 5.41) is 28.1. The topological polar surface area (TPSA) is 87.5 Å². The van der Waals surface area contributed by atoms with Crippen LogP contribution in [0.15, 0.2) is 29.4 Å². The average molecular weight is 410 g/mol. The van der Waals surface area contributed by atoms with Gasteiger partial charge in [-0.3, -0.25) is 4.57 Å². The third-order valence-electron chi connectivity index (χ3n) is 5.61. The summed E-state index contributed by atoms with van der Waals surface area (Å²) in [5.41, 5.74) is 1.02. The predicted molar refractivity (Wildman–Crippen MR) is 113 cm³/mol. The van der Waals surface area contributed by atoms with Gasteiger partial charge >= 0.3 is 0 Å². The first-order valence-corrected chi connectivity index (χ1v) is 11.1. The van der Waals surface area contributed by atoms with Crippen molar-refractivity contribution >= 4 is 11.8 Å². The van der Waals surface area contributed by atoms with Crippen molar-refractivity contribution in [2.24, 2.45) is 11.8 Å². The first kappa shape index (κ1) is 21.2. The van der Waals surface area contributed by atoms with Crippen LogP contribution < -0.4 is 4.74 Å². The lowest BCUT2D eigenvalue weighted by atomic mass is 9.85. The van der Waals surface area contributed by atoms with E-state index in [0.717, 1.165) is 28.7 Å². The molecule has 0 amide bonds. The highest BCUT2D eigenvalue weighted by Gasteiger charge is 2.29. The van der Waals surface area contributed by atoms with E-state index in [1.165, 1.54) is 19.3 Å². The minimum Gasteiger partial charge on any atom is -0.497 e. The minimum atomic E-state index is -0.155. The summed E-state index contributed by atoms with van der Waals surface area (Å²) in [7, 11) is 1.66. The van der Waals surface area contributed by atoms with Crippen molar-refractivity contribution < 1.29 is 4.74 Å². The van der Waals surface area contributed by atoms with Crippen LogP contribution in [0.1, 0.15) is 51.5 Å². The van der Waals surface area contributed by atoms with Gasteiger partial charge in [0, 0.05) is 23.8 Å². The van der Waals surface area contributed by atoms with Crippen LogP contribution >= 0.6 is 11.8 Å². The fraction of sp³-hybridized carbons (Fsp3) is 0.545. The zero-order valence-electron chi connectivity index (χ0n) is 17.0. The fourth-order valence-corrected chi connectivity index (χ4v) is 4.94. The Balaban J connectivity index is 1.90. The third kappa shape index (κ3) is 5.10. The van der Waals surface area contributed by atoms with Crippen LogP contribution in [0.25, 0.3) is 11.4 Å². The maximum atomic E-state index is 9.40. The molecule has 0 unspecified atom stereocenters. The summed E-state index contributed by atoms with van der Waals surface area (Å²) < 4.78 is 7.57. The summed E-state index contributed by atoms with van der Waals surface area (Å²) in [4.78, 5) is 0. The van der Waals surface area contributed by atoms with Gasteiger partial charge in [-0.25, -0.2) is 0 Å². The highest BCUT2D eigenvalue weighted by atomic mass is 32.2. The molecule has 0 spiro atoms. The molecule has 0 radical (unpaired) electrons. The van der Waals surface area contributed by atoms with Crippen LogP contribution in [0.3, 0.4) is 0 Å². The Morgan fingerprint density at radius 3 is 2.62 bits per heavy atom. The zero-order chi connectivity index (χ0) is 20.6. The van der Waals surface area contributed by atoms with Crippen LogP contribution in [-0.2, 0) is 0 Å². The largest absolute Gasteiger partial charge is 0.497 e. The Bertz CT molecular complexity index is 880. The van der Waals surface area contributed by atoms with Crippen molar-refractivity contribution in [3.05, 3.63) is 24.3 Å². The molecule has 0 N–H and O–H groups in total. The van der Waals surface area contributed by atoms with E-state index in [1.807, 2.05) is 24.3 Å². The molecule has 1 heterocycles. The minimum absolute atomic E-state index is 0.155. The number of benzene rings is 1. The van der Waals surface area contributed by atoms with Gasteiger partial charge in [-0.15, -0.1) is 10.2 Å². The van der Waals surface area contributed by atoms with Crippen molar-refractivity contribution in [2.75, 3.05) is 12.9 Å². The van der Waals surface area contributed by atoms with Gasteiger partial charge in [-0.2, -0.15) is 10.5 Å². The predicted octanol–water partition coefficient (Wildman–Crippen LogP) is 5.24. The number of nitrogens with zero attached hydrogens (tertiary/aromatic N) is 5. The molecule has 0 aliphatic heterocycles. The first-order valence-electron chi connectivity index (χ1n) is 10.2. The quantitative estimate of drug-likeness (QED) is 0.554. The van der Waals surface area contributed by atoms with E-state index < -0.39 is 0 Å². The molecule has 6 nitrogen and oxygen atoms in total. The molecule has 29 heavy (non-hydrogen) atoms. The molecule has 1 aliphatic carbocycles. The first-order chi connectivity index (χ1) is 14.2. The highest BCUT2D eigenvalue weighted by Crippen LogP contribution is 2.39. The van der Waals surface area contributed by atoms with Crippen LogP contribution in [-0.4, -0.2) is 27.6 Å². The molecule has 3 rings (SSSR count). The number of hydrogen-bond donors (Lipinski definition) is 0. The molecular weight excluding hydrogens is 382 g/mol. The second-order valence-electron chi connectivity index (χ2n) is 7.57. The molecule has 0 saturated heterocycles. The smallest absolute Gasteiger partial charge is 0.191 e. The van der Waals surface area contributed by atoms with Crippen LogP contribution in [0.4, 0.5) is 0 Å². The SMILES string of the molecule is COc1ccc(-c2nnc(SC[C@H](C#N)CCC#N)n2[C@@H]2CCCC[C@H]2C)cc1. The molecule has 1 aliphatic rings. The highest BCUT2D eigenvalue weighted by molar-refractivity contribution is 7.99. The molecule has 1 aromatic heterocycles. The Hall–Kier alpha value is -2.51. The molecular formula is C22H27N5OS. The molecule has 2 aromatic rings. The van der Waals surface area contributed by atoms with E-state index >= 15 is 0 Å². The van der Waals surface area contributed by atoms with Crippen molar-refractivity contribution in [2.45, 2.75) is 56.6 Å². The summed E-state index contributed by atoms with van der Waals surface area (Å²) in [6, 6.07) is 12.7. The molecule has 1 fully saturated rings. The monoisotopic (exact) mass is 409 g/mol. The molecule has 3 atom stereocenters. The summed E-state index contributed by atoms with van der Waals surface area (Å²) in [6.07, 6.45) is 5.80. The van der Waals surface area contributed by atoms with E-state index in [9.17, 15) is 5.26 Å². The van der Waals surface area contributed by atoms with Gasteiger partial charge in [0.2, 0.25) is 0 Å². The fourth-order valence-electron chi connectivity index (χ4n) is 3.89. The van der Waals surface area contributed by atoms with E-state index in [4.69, 9.17) is 10.00 Å². The maximum Gasteiger partial charge on any atom is 0.191 e. The van der Waals surface area contributed by atoms with Crippen LogP contribution in [0.2, 0.25) is 0 Å². The lowest BCUT2D eigenvalue weighted by molar-refractivity contribution is 0.247. The second kappa shape index (κ2) is 10.3. The molecule has 1 saturated carbocycles. The zero-order valence-corrected chi connectivity index (χ0v) is 17.9. The summed E-state index contributed by atoms with van der Waals surface area (Å²) in [5.74, 6) is 2.72. The van der Waals surface area contributed by atoms with Gasteiger partial charge in [0.25, 0.3) is 0 Å². The summed E-state index contributed by atoms with van der Waals surface area (Å²) >= 11 is 1.58. The lowest BCUT2D eigenvalue weighted by Crippen LogP contribution is -2.22.